The van der Waals surface area contributed by atoms with E-state index in [2.05, 4.69) is 11.2 Å². The zero-order chi connectivity index (χ0) is 19.4. The third-order valence-corrected chi connectivity index (χ3v) is 4.30. The number of nitrogens with zero attached hydrogens (tertiary/aromatic N) is 1. The van der Waals surface area contributed by atoms with Crippen molar-refractivity contribution in [2.24, 2.45) is 5.73 Å². The number of nitrogens with two attached hydrogens (primary N) is 1. The minimum absolute atomic E-state index is 0.00534. The molecule has 0 aliphatic heterocycles. The molecule has 0 radical (unpaired) electrons. The van der Waals surface area contributed by atoms with Crippen LogP contribution in [0.15, 0.2) is 54.6 Å². The van der Waals surface area contributed by atoms with E-state index in [0.717, 1.165) is 10.9 Å². The Hall–Kier alpha value is -3.59. The molecule has 0 saturated carbocycles. The average Bonchev–Trinajstić information content (AvgIpc) is 3.02. The highest BCUT2D eigenvalue weighted by atomic mass is 19.1. The van der Waals surface area contributed by atoms with Crippen LogP contribution in [0.3, 0.4) is 0 Å². The Morgan fingerprint density at radius 3 is 2.59 bits per heavy atom. The SMILES string of the molecule is C#CCC(NC(=O)c1cc2ccccc2n1Cc1ccccc1F)C(N)=O. The molecule has 2 amide bonds. The summed E-state index contributed by atoms with van der Waals surface area (Å²) in [5, 5.41) is 3.39. The zero-order valence-electron chi connectivity index (χ0n) is 14.5. The van der Waals surface area contributed by atoms with Gasteiger partial charge in [-0.3, -0.25) is 9.59 Å². The first-order chi connectivity index (χ1) is 13.0. The van der Waals surface area contributed by atoms with E-state index in [1.807, 2.05) is 24.3 Å². The Labute approximate surface area is 156 Å². The summed E-state index contributed by atoms with van der Waals surface area (Å²) in [5.41, 5.74) is 6.82. The monoisotopic (exact) mass is 363 g/mol. The van der Waals surface area contributed by atoms with Crippen molar-refractivity contribution in [1.29, 1.82) is 0 Å². The standard InChI is InChI=1S/C21H18FN3O2/c1-2-7-17(20(23)26)24-21(27)19-12-14-8-4-6-11-18(14)25(19)13-15-9-3-5-10-16(15)22/h1,3-6,8-12,17H,7,13H2,(H2,23,26)(H,24,27). The maximum atomic E-state index is 14.1. The highest BCUT2D eigenvalue weighted by molar-refractivity contribution is 6.00. The van der Waals surface area contributed by atoms with Gasteiger partial charge in [0.15, 0.2) is 0 Å². The first-order valence-electron chi connectivity index (χ1n) is 8.36. The lowest BCUT2D eigenvalue weighted by Crippen LogP contribution is -2.44. The number of hydrogen-bond donors (Lipinski definition) is 2. The normalized spacial score (nSPS) is 11.7. The van der Waals surface area contributed by atoms with Gasteiger partial charge in [-0.25, -0.2) is 4.39 Å². The molecule has 6 heteroatoms. The summed E-state index contributed by atoms with van der Waals surface area (Å²) < 4.78 is 15.8. The summed E-state index contributed by atoms with van der Waals surface area (Å²) in [4.78, 5) is 24.3. The Morgan fingerprint density at radius 2 is 1.89 bits per heavy atom. The van der Waals surface area contributed by atoms with E-state index in [1.54, 1.807) is 28.8 Å². The Kier molecular flexibility index (Phi) is 5.23. The number of hydrogen-bond acceptors (Lipinski definition) is 2. The second kappa shape index (κ2) is 7.75. The Bertz CT molecular complexity index is 1050. The molecule has 0 spiro atoms. The first-order valence-corrected chi connectivity index (χ1v) is 8.36. The predicted molar refractivity (Wildman–Crippen MR) is 101 cm³/mol. The van der Waals surface area contributed by atoms with Gasteiger partial charge in [-0.15, -0.1) is 12.3 Å². The van der Waals surface area contributed by atoms with Gasteiger partial charge in [0.05, 0.1) is 6.54 Å². The van der Waals surface area contributed by atoms with E-state index in [0.29, 0.717) is 11.3 Å². The van der Waals surface area contributed by atoms with Crippen LogP contribution in [0.1, 0.15) is 22.5 Å². The van der Waals surface area contributed by atoms with E-state index >= 15 is 0 Å². The molecule has 3 aromatic rings. The number of benzene rings is 2. The van der Waals surface area contributed by atoms with Gasteiger partial charge in [-0.1, -0.05) is 36.4 Å². The predicted octanol–water partition coefficient (Wildman–Crippen LogP) is 2.44. The van der Waals surface area contributed by atoms with Gasteiger partial charge in [-0.05, 0) is 18.2 Å². The molecule has 136 valence electrons. The van der Waals surface area contributed by atoms with Gasteiger partial charge in [0.1, 0.15) is 17.6 Å². The molecule has 5 nitrogen and oxygen atoms in total. The molecule has 0 aliphatic carbocycles. The topological polar surface area (TPSA) is 77.1 Å². The highest BCUT2D eigenvalue weighted by Gasteiger charge is 2.22. The molecule has 27 heavy (non-hydrogen) atoms. The third-order valence-electron chi connectivity index (χ3n) is 4.30. The number of rotatable bonds is 6. The van der Waals surface area contributed by atoms with Crippen LogP contribution in [0, 0.1) is 18.2 Å². The molecule has 1 aromatic heterocycles. The van der Waals surface area contributed by atoms with Crippen molar-refractivity contribution in [3.8, 4) is 12.3 Å². The molecule has 0 fully saturated rings. The summed E-state index contributed by atoms with van der Waals surface area (Å²) in [5.74, 6) is 0.756. The van der Waals surface area contributed by atoms with Gasteiger partial charge >= 0.3 is 0 Å². The van der Waals surface area contributed by atoms with Gasteiger partial charge in [0.25, 0.3) is 5.91 Å². The summed E-state index contributed by atoms with van der Waals surface area (Å²) in [6.45, 7) is 0.166. The first kappa shape index (κ1) is 18.2. The van der Waals surface area contributed by atoms with Crippen LogP contribution in [-0.2, 0) is 11.3 Å². The number of aromatic nitrogens is 1. The molecule has 3 rings (SSSR count). The van der Waals surface area contributed by atoms with Gasteiger partial charge in [-0.2, -0.15) is 0 Å². The summed E-state index contributed by atoms with van der Waals surface area (Å²) in [6, 6.07) is 14.5. The molecule has 2 aromatic carbocycles. The van der Waals surface area contributed by atoms with Crippen LogP contribution >= 0.6 is 0 Å². The third kappa shape index (κ3) is 3.82. The largest absolute Gasteiger partial charge is 0.368 e. The minimum Gasteiger partial charge on any atom is -0.368 e. The van der Waals surface area contributed by atoms with E-state index in [-0.39, 0.29) is 18.8 Å². The van der Waals surface area contributed by atoms with Crippen molar-refractivity contribution in [3.05, 3.63) is 71.7 Å². The van der Waals surface area contributed by atoms with Gasteiger partial charge in [0, 0.05) is 22.9 Å². The number of primary amides is 1. The molecule has 1 heterocycles. The molecule has 3 N–H and O–H groups in total. The summed E-state index contributed by atoms with van der Waals surface area (Å²) >= 11 is 0. The molecule has 0 bridgehead atoms. The van der Waals surface area contributed by atoms with E-state index in [1.165, 1.54) is 6.07 Å². The lowest BCUT2D eigenvalue weighted by molar-refractivity contribution is -0.119. The van der Waals surface area contributed by atoms with Crippen LogP contribution in [0.5, 0.6) is 0 Å². The molecular weight excluding hydrogens is 345 g/mol. The maximum absolute atomic E-state index is 14.1. The smallest absolute Gasteiger partial charge is 0.268 e. The number of halogens is 1. The fraction of sp³-hybridized carbons (Fsp3) is 0.143. The molecule has 0 saturated heterocycles. The van der Waals surface area contributed by atoms with Crippen LogP contribution in [-0.4, -0.2) is 22.4 Å². The van der Waals surface area contributed by atoms with Gasteiger partial charge in [0.2, 0.25) is 5.91 Å². The van der Waals surface area contributed by atoms with Crippen molar-refractivity contribution >= 4 is 22.7 Å². The Balaban J connectivity index is 2.02. The van der Waals surface area contributed by atoms with Crippen LogP contribution in [0.4, 0.5) is 4.39 Å². The van der Waals surface area contributed by atoms with Crippen molar-refractivity contribution in [2.75, 3.05) is 0 Å². The number of carbonyl (C=O) groups is 2. The number of amides is 2. The summed E-state index contributed by atoms with van der Waals surface area (Å²) in [6.07, 6.45) is 5.23. The van der Waals surface area contributed by atoms with Crippen molar-refractivity contribution in [2.45, 2.75) is 19.0 Å². The van der Waals surface area contributed by atoms with Crippen LogP contribution in [0.25, 0.3) is 10.9 Å². The lowest BCUT2D eigenvalue weighted by Gasteiger charge is -2.15. The van der Waals surface area contributed by atoms with Crippen molar-refractivity contribution in [1.82, 2.24) is 9.88 Å². The van der Waals surface area contributed by atoms with Crippen LogP contribution in [0.2, 0.25) is 0 Å². The zero-order valence-corrected chi connectivity index (χ0v) is 14.5. The maximum Gasteiger partial charge on any atom is 0.268 e. The lowest BCUT2D eigenvalue weighted by atomic mass is 10.2. The van der Waals surface area contributed by atoms with E-state index < -0.39 is 17.9 Å². The quantitative estimate of drug-likeness (QED) is 0.660. The highest BCUT2D eigenvalue weighted by Crippen LogP contribution is 2.22. The van der Waals surface area contributed by atoms with Crippen molar-refractivity contribution < 1.29 is 14.0 Å². The van der Waals surface area contributed by atoms with E-state index in [9.17, 15) is 14.0 Å². The fourth-order valence-corrected chi connectivity index (χ4v) is 2.94. The Morgan fingerprint density at radius 1 is 1.19 bits per heavy atom. The van der Waals surface area contributed by atoms with Gasteiger partial charge < -0.3 is 15.6 Å². The average molecular weight is 363 g/mol. The summed E-state index contributed by atoms with van der Waals surface area (Å²) in [7, 11) is 0. The number of terminal acetylenes is 1. The van der Waals surface area contributed by atoms with Crippen molar-refractivity contribution in [3.63, 3.8) is 0 Å². The molecule has 1 atom stereocenters. The second-order valence-corrected chi connectivity index (χ2v) is 6.10. The fourth-order valence-electron chi connectivity index (χ4n) is 2.94. The van der Waals surface area contributed by atoms with Crippen LogP contribution < -0.4 is 11.1 Å². The molecule has 0 aliphatic rings. The number of carbonyl (C=O) groups excluding carboxylic acids is 2. The minimum atomic E-state index is -0.970. The molecule has 1 unspecified atom stereocenters. The molecular formula is C21H18FN3O2. The second-order valence-electron chi connectivity index (χ2n) is 6.10. The number of fused-ring (bicyclic) bond motifs is 1. The van der Waals surface area contributed by atoms with E-state index in [4.69, 9.17) is 12.2 Å². The number of para-hydroxylation sites is 1. The number of nitrogens with one attached hydrogen (secondary N) is 1.